The highest BCUT2D eigenvalue weighted by Gasteiger charge is 2.35. The summed E-state index contributed by atoms with van der Waals surface area (Å²) in [5.74, 6) is 1.94. The van der Waals surface area contributed by atoms with Gasteiger partial charge in [-0.1, -0.05) is 12.2 Å². The van der Waals surface area contributed by atoms with Crippen molar-refractivity contribution in [2.24, 2.45) is 23.7 Å². The molecule has 0 heterocycles. The van der Waals surface area contributed by atoms with Gasteiger partial charge in [0.05, 0.1) is 5.92 Å². The Kier molecular flexibility index (Phi) is 3.92. The average Bonchev–Trinajstić information content (AvgIpc) is 3.02. The van der Waals surface area contributed by atoms with Crippen LogP contribution in [0.15, 0.2) is 12.2 Å². The van der Waals surface area contributed by atoms with Gasteiger partial charge in [0, 0.05) is 6.04 Å². The molecule has 2 N–H and O–H groups in total. The van der Waals surface area contributed by atoms with Crippen molar-refractivity contribution in [1.82, 2.24) is 5.32 Å². The van der Waals surface area contributed by atoms with Crippen LogP contribution in [-0.2, 0) is 4.79 Å². The predicted octanol–water partition coefficient (Wildman–Crippen LogP) is 2.82. The first-order valence-electron chi connectivity index (χ1n) is 7.87. The molecule has 3 atom stereocenters. The molecule has 0 amide bonds. The standard InChI is InChI=1S/C16H25NO2/c18-16(19)12-3-5-15(6-4-12)17-8-7-14-10-11-1-2-13(14)9-11/h1-2,11-15,17H,3-10H2,(H,18,19)/t11-,12?,13+,14?,15?/m1/s1. The van der Waals surface area contributed by atoms with Gasteiger partial charge in [-0.25, -0.2) is 0 Å². The van der Waals surface area contributed by atoms with Crippen LogP contribution >= 0.6 is 0 Å². The molecule has 2 fully saturated rings. The third-order valence-electron chi connectivity index (χ3n) is 5.44. The zero-order chi connectivity index (χ0) is 13.2. The number of carbonyl (C=O) groups is 1. The fourth-order valence-corrected chi connectivity index (χ4v) is 4.24. The number of fused-ring (bicyclic) bond motifs is 2. The summed E-state index contributed by atoms with van der Waals surface area (Å²) in [7, 11) is 0. The molecule has 0 aromatic rings. The summed E-state index contributed by atoms with van der Waals surface area (Å²) in [4.78, 5) is 10.9. The Morgan fingerprint density at radius 2 is 1.95 bits per heavy atom. The van der Waals surface area contributed by atoms with E-state index < -0.39 is 5.97 Å². The Hall–Kier alpha value is -0.830. The van der Waals surface area contributed by atoms with E-state index in [0.29, 0.717) is 6.04 Å². The topological polar surface area (TPSA) is 49.3 Å². The fraction of sp³-hybridized carbons (Fsp3) is 0.812. The van der Waals surface area contributed by atoms with E-state index in [0.717, 1.165) is 50.0 Å². The molecule has 3 nitrogen and oxygen atoms in total. The van der Waals surface area contributed by atoms with Crippen LogP contribution in [0.1, 0.15) is 44.9 Å². The van der Waals surface area contributed by atoms with Gasteiger partial charge < -0.3 is 10.4 Å². The van der Waals surface area contributed by atoms with Crippen LogP contribution < -0.4 is 5.32 Å². The van der Waals surface area contributed by atoms with E-state index in [9.17, 15) is 4.79 Å². The highest BCUT2D eigenvalue weighted by atomic mass is 16.4. The second kappa shape index (κ2) is 5.66. The first-order chi connectivity index (χ1) is 9.22. The van der Waals surface area contributed by atoms with E-state index in [-0.39, 0.29) is 5.92 Å². The molecule has 106 valence electrons. The summed E-state index contributed by atoms with van der Waals surface area (Å²) in [6, 6.07) is 0.560. The van der Waals surface area contributed by atoms with Crippen LogP contribution in [0.25, 0.3) is 0 Å². The SMILES string of the molecule is O=C(O)C1CCC(NCCC2C[C@@H]3C=C[C@H]2C3)CC1. The summed E-state index contributed by atoms with van der Waals surface area (Å²) >= 11 is 0. The molecule has 0 spiro atoms. The van der Waals surface area contributed by atoms with E-state index in [1.54, 1.807) is 0 Å². The van der Waals surface area contributed by atoms with Crippen molar-refractivity contribution in [3.63, 3.8) is 0 Å². The summed E-state index contributed by atoms with van der Waals surface area (Å²) in [5, 5.41) is 12.6. The van der Waals surface area contributed by atoms with Crippen molar-refractivity contribution in [3.8, 4) is 0 Å². The normalized spacial score (nSPS) is 40.7. The lowest BCUT2D eigenvalue weighted by Crippen LogP contribution is -2.36. The van der Waals surface area contributed by atoms with Gasteiger partial charge in [-0.05, 0) is 69.2 Å². The molecule has 3 aliphatic carbocycles. The minimum absolute atomic E-state index is 0.0891. The van der Waals surface area contributed by atoms with E-state index in [2.05, 4.69) is 17.5 Å². The summed E-state index contributed by atoms with van der Waals surface area (Å²) in [6.07, 6.45) is 12.7. The number of nitrogens with one attached hydrogen (secondary N) is 1. The van der Waals surface area contributed by atoms with Gasteiger partial charge >= 0.3 is 5.97 Å². The van der Waals surface area contributed by atoms with Crippen molar-refractivity contribution in [1.29, 1.82) is 0 Å². The first-order valence-corrected chi connectivity index (χ1v) is 7.87. The van der Waals surface area contributed by atoms with E-state index in [1.807, 2.05) is 0 Å². The molecule has 0 aliphatic heterocycles. The lowest BCUT2D eigenvalue weighted by Gasteiger charge is -2.28. The molecule has 0 aromatic heterocycles. The van der Waals surface area contributed by atoms with Crippen LogP contribution in [0.5, 0.6) is 0 Å². The van der Waals surface area contributed by atoms with Crippen LogP contribution in [0.3, 0.4) is 0 Å². The molecule has 2 bridgehead atoms. The maximum absolute atomic E-state index is 10.9. The second-order valence-corrected chi connectivity index (χ2v) is 6.67. The molecule has 2 saturated carbocycles. The summed E-state index contributed by atoms with van der Waals surface area (Å²) < 4.78 is 0. The number of carboxylic acids is 1. The zero-order valence-corrected chi connectivity index (χ0v) is 11.6. The number of aliphatic carboxylic acids is 1. The van der Waals surface area contributed by atoms with Gasteiger partial charge in [-0.3, -0.25) is 4.79 Å². The zero-order valence-electron chi connectivity index (χ0n) is 11.6. The molecule has 0 saturated heterocycles. The van der Waals surface area contributed by atoms with Crippen molar-refractivity contribution >= 4 is 5.97 Å². The van der Waals surface area contributed by atoms with Gasteiger partial charge in [-0.15, -0.1) is 0 Å². The van der Waals surface area contributed by atoms with Crippen LogP contribution in [0, 0.1) is 23.7 Å². The van der Waals surface area contributed by atoms with Gasteiger partial charge in [-0.2, -0.15) is 0 Å². The Labute approximate surface area is 115 Å². The molecule has 0 radical (unpaired) electrons. The van der Waals surface area contributed by atoms with Crippen LogP contribution in [0.2, 0.25) is 0 Å². The first kappa shape index (κ1) is 13.2. The minimum Gasteiger partial charge on any atom is -0.481 e. The molecule has 19 heavy (non-hydrogen) atoms. The van der Waals surface area contributed by atoms with E-state index >= 15 is 0 Å². The molecule has 1 unspecified atom stereocenters. The lowest BCUT2D eigenvalue weighted by atomic mass is 9.85. The average molecular weight is 263 g/mol. The quantitative estimate of drug-likeness (QED) is 0.750. The highest BCUT2D eigenvalue weighted by Crippen LogP contribution is 2.44. The number of rotatable bonds is 5. The summed E-state index contributed by atoms with van der Waals surface area (Å²) in [5.41, 5.74) is 0. The van der Waals surface area contributed by atoms with E-state index in [4.69, 9.17) is 5.11 Å². The third kappa shape index (κ3) is 3.02. The van der Waals surface area contributed by atoms with Crippen LogP contribution in [0.4, 0.5) is 0 Å². The largest absolute Gasteiger partial charge is 0.481 e. The molecule has 0 aromatic carbocycles. The van der Waals surface area contributed by atoms with Gasteiger partial charge in [0.25, 0.3) is 0 Å². The maximum atomic E-state index is 10.9. The smallest absolute Gasteiger partial charge is 0.306 e. The molecule has 3 heteroatoms. The lowest BCUT2D eigenvalue weighted by molar-refractivity contribution is -0.142. The van der Waals surface area contributed by atoms with Gasteiger partial charge in [0.1, 0.15) is 0 Å². The van der Waals surface area contributed by atoms with E-state index in [1.165, 1.54) is 19.3 Å². The van der Waals surface area contributed by atoms with Gasteiger partial charge in [0.15, 0.2) is 0 Å². The van der Waals surface area contributed by atoms with Crippen LogP contribution in [-0.4, -0.2) is 23.7 Å². The Morgan fingerprint density at radius 3 is 2.53 bits per heavy atom. The van der Waals surface area contributed by atoms with Crippen molar-refractivity contribution in [2.45, 2.75) is 51.0 Å². The molecular formula is C16H25NO2. The minimum atomic E-state index is -0.604. The Morgan fingerprint density at radius 1 is 1.16 bits per heavy atom. The number of allylic oxidation sites excluding steroid dienone is 2. The number of carboxylic acid groups (broad SMARTS) is 1. The third-order valence-corrected chi connectivity index (χ3v) is 5.44. The molecular weight excluding hydrogens is 238 g/mol. The Balaban J connectivity index is 1.33. The van der Waals surface area contributed by atoms with Crippen molar-refractivity contribution < 1.29 is 9.90 Å². The monoisotopic (exact) mass is 263 g/mol. The van der Waals surface area contributed by atoms with Gasteiger partial charge in [0.2, 0.25) is 0 Å². The Bertz CT molecular complexity index is 358. The fourth-order valence-electron chi connectivity index (χ4n) is 4.24. The number of hydrogen-bond donors (Lipinski definition) is 2. The molecule has 3 rings (SSSR count). The maximum Gasteiger partial charge on any atom is 0.306 e. The molecule has 3 aliphatic rings. The summed E-state index contributed by atoms with van der Waals surface area (Å²) in [6.45, 7) is 1.12. The highest BCUT2D eigenvalue weighted by molar-refractivity contribution is 5.70. The predicted molar refractivity (Wildman–Crippen MR) is 74.8 cm³/mol. The second-order valence-electron chi connectivity index (χ2n) is 6.67. The van der Waals surface area contributed by atoms with Crippen molar-refractivity contribution in [3.05, 3.63) is 12.2 Å². The number of hydrogen-bond acceptors (Lipinski definition) is 2. The van der Waals surface area contributed by atoms with Crippen molar-refractivity contribution in [2.75, 3.05) is 6.54 Å².